The number of piperidine rings is 1. The molecule has 6 nitrogen and oxygen atoms in total. The van der Waals surface area contributed by atoms with Gasteiger partial charge in [0.2, 0.25) is 10.0 Å². The summed E-state index contributed by atoms with van der Waals surface area (Å²) in [5.41, 5.74) is 1.73. The lowest BCUT2D eigenvalue weighted by Gasteiger charge is -2.31. The zero-order chi connectivity index (χ0) is 19.3. The number of nitrogens with zero attached hydrogens (tertiary/aromatic N) is 2. The second kappa shape index (κ2) is 8.95. The monoisotopic (exact) mass is 407 g/mol. The molecule has 0 spiro atoms. The van der Waals surface area contributed by atoms with Crippen LogP contribution in [0.5, 0.6) is 0 Å². The van der Waals surface area contributed by atoms with Crippen LogP contribution >= 0.6 is 0 Å². The Morgan fingerprint density at radius 1 is 1.19 bits per heavy atom. The number of nitrogens with one attached hydrogen (secondary N) is 1. The average molecular weight is 408 g/mol. The van der Waals surface area contributed by atoms with Crippen LogP contribution in [0, 0.1) is 0 Å². The molecular weight excluding hydrogens is 382 g/mol. The van der Waals surface area contributed by atoms with Crippen molar-refractivity contribution < 1.29 is 12.6 Å². The van der Waals surface area contributed by atoms with Crippen molar-refractivity contribution in [2.75, 3.05) is 30.6 Å². The van der Waals surface area contributed by atoms with E-state index in [-0.39, 0.29) is 5.25 Å². The molecule has 1 aromatic heterocycles. The Morgan fingerprint density at radius 2 is 1.89 bits per heavy atom. The molecule has 0 bridgehead atoms. The van der Waals surface area contributed by atoms with E-state index in [0.717, 1.165) is 50.0 Å². The molecule has 3 rings (SSSR count). The molecule has 27 heavy (non-hydrogen) atoms. The molecule has 2 heterocycles. The minimum atomic E-state index is -3.30. The zero-order valence-corrected chi connectivity index (χ0v) is 17.0. The van der Waals surface area contributed by atoms with Crippen molar-refractivity contribution in [1.29, 1.82) is 0 Å². The lowest BCUT2D eigenvalue weighted by Crippen LogP contribution is -2.38. The van der Waals surface area contributed by atoms with Gasteiger partial charge in [0.15, 0.2) is 0 Å². The summed E-state index contributed by atoms with van der Waals surface area (Å²) in [5, 5.41) is 0.147. The number of sulfonamides is 1. The molecule has 0 amide bonds. The van der Waals surface area contributed by atoms with Crippen molar-refractivity contribution in [1.82, 2.24) is 9.88 Å². The van der Waals surface area contributed by atoms with Crippen molar-refractivity contribution in [3.8, 4) is 0 Å². The lowest BCUT2D eigenvalue weighted by molar-refractivity contribution is 0.234. The molecule has 8 heteroatoms. The predicted molar refractivity (Wildman–Crippen MR) is 109 cm³/mol. The van der Waals surface area contributed by atoms with Gasteiger partial charge in [0.25, 0.3) is 0 Å². The summed E-state index contributed by atoms with van der Waals surface area (Å²) in [6, 6.07) is 10.9. The largest absolute Gasteiger partial charge is 0.303 e. The van der Waals surface area contributed by atoms with E-state index in [2.05, 4.69) is 20.7 Å². The molecule has 0 saturated carbocycles. The molecule has 1 atom stereocenters. The maximum Gasteiger partial charge on any atom is 0.229 e. The Kier molecular flexibility index (Phi) is 6.62. The summed E-state index contributed by atoms with van der Waals surface area (Å²) in [4.78, 5) is 7.32. The first-order valence-electron chi connectivity index (χ1n) is 9.00. The van der Waals surface area contributed by atoms with Gasteiger partial charge in [0.05, 0.1) is 17.1 Å². The first-order valence-corrected chi connectivity index (χ1v) is 12.1. The Bertz CT molecular complexity index is 863. The van der Waals surface area contributed by atoms with Gasteiger partial charge in [-0.15, -0.1) is 0 Å². The summed E-state index contributed by atoms with van der Waals surface area (Å²) in [5.74, 6) is 0. The molecule has 1 aliphatic rings. The number of benzene rings is 1. The third-order valence-electron chi connectivity index (χ3n) is 4.67. The van der Waals surface area contributed by atoms with Crippen molar-refractivity contribution in [3.63, 3.8) is 0 Å². The SMILES string of the molecule is CS(=O)(=O)Nc1ccc(S(=O)C2CCN(CCc3cccnc3)CC2)cc1. The third-order valence-corrected chi connectivity index (χ3v) is 7.09. The number of aromatic nitrogens is 1. The Morgan fingerprint density at radius 3 is 2.48 bits per heavy atom. The molecule has 0 radical (unpaired) electrons. The van der Waals surface area contributed by atoms with Crippen molar-refractivity contribution >= 4 is 26.5 Å². The molecule has 1 N–H and O–H groups in total. The van der Waals surface area contributed by atoms with E-state index < -0.39 is 20.8 Å². The normalized spacial score (nSPS) is 17.5. The highest BCUT2D eigenvalue weighted by molar-refractivity contribution is 7.92. The topological polar surface area (TPSA) is 79.4 Å². The van der Waals surface area contributed by atoms with Gasteiger partial charge in [0, 0.05) is 34.8 Å². The summed E-state index contributed by atoms with van der Waals surface area (Å²) in [7, 11) is -4.37. The van der Waals surface area contributed by atoms with Crippen LogP contribution in [0.1, 0.15) is 18.4 Å². The van der Waals surface area contributed by atoms with Crippen LogP contribution in [0.25, 0.3) is 0 Å². The smallest absolute Gasteiger partial charge is 0.229 e. The molecular formula is C19H25N3O3S2. The maximum atomic E-state index is 12.8. The van der Waals surface area contributed by atoms with Crippen LogP contribution in [0.3, 0.4) is 0 Å². The number of anilines is 1. The third kappa shape index (κ3) is 6.12. The van der Waals surface area contributed by atoms with E-state index in [0.29, 0.717) is 5.69 Å². The Balaban J connectivity index is 1.49. The van der Waals surface area contributed by atoms with Crippen molar-refractivity contribution in [2.24, 2.45) is 0 Å². The summed E-state index contributed by atoms with van der Waals surface area (Å²) in [6.45, 7) is 2.89. The van der Waals surface area contributed by atoms with E-state index in [1.807, 2.05) is 12.3 Å². The van der Waals surface area contributed by atoms with Crippen LogP contribution in [0.4, 0.5) is 5.69 Å². The second-order valence-corrected chi connectivity index (χ2v) is 10.3. The van der Waals surface area contributed by atoms with Gasteiger partial charge in [-0.05, 0) is 68.2 Å². The van der Waals surface area contributed by atoms with Gasteiger partial charge in [-0.1, -0.05) is 6.07 Å². The average Bonchev–Trinajstić information content (AvgIpc) is 2.66. The highest BCUT2D eigenvalue weighted by atomic mass is 32.2. The molecule has 1 fully saturated rings. The first kappa shape index (κ1) is 20.0. The van der Waals surface area contributed by atoms with Crippen LogP contribution < -0.4 is 4.72 Å². The van der Waals surface area contributed by atoms with Crippen LogP contribution in [0.2, 0.25) is 0 Å². The van der Waals surface area contributed by atoms with Gasteiger partial charge >= 0.3 is 0 Å². The zero-order valence-electron chi connectivity index (χ0n) is 15.4. The molecule has 1 unspecified atom stereocenters. The molecule has 0 aliphatic carbocycles. The number of likely N-dealkylation sites (tertiary alicyclic amines) is 1. The lowest BCUT2D eigenvalue weighted by atomic mass is 10.1. The summed E-state index contributed by atoms with van der Waals surface area (Å²) >= 11 is 0. The first-order chi connectivity index (χ1) is 12.9. The number of rotatable bonds is 7. The van der Waals surface area contributed by atoms with Gasteiger partial charge in [-0.25, -0.2) is 8.42 Å². The fourth-order valence-electron chi connectivity index (χ4n) is 3.24. The maximum absolute atomic E-state index is 12.8. The molecule has 146 valence electrons. The van der Waals surface area contributed by atoms with Crippen molar-refractivity contribution in [3.05, 3.63) is 54.4 Å². The van der Waals surface area contributed by atoms with Crippen molar-refractivity contribution in [2.45, 2.75) is 29.4 Å². The van der Waals surface area contributed by atoms with Gasteiger partial charge in [-0.3, -0.25) is 13.9 Å². The summed E-state index contributed by atoms with van der Waals surface area (Å²) < 4.78 is 37.8. The van der Waals surface area contributed by atoms with Gasteiger partial charge < -0.3 is 4.90 Å². The molecule has 1 aromatic carbocycles. The van der Waals surface area contributed by atoms with Gasteiger partial charge in [0.1, 0.15) is 0 Å². The summed E-state index contributed by atoms with van der Waals surface area (Å²) in [6.07, 6.45) is 7.60. The standard InChI is InChI=1S/C19H25N3O3S2/c1-27(24,25)21-17-4-6-18(7-5-17)26(23)19-9-13-22(14-10-19)12-8-16-3-2-11-20-15-16/h2-7,11,15,19,21H,8-10,12-14H2,1H3. The minimum Gasteiger partial charge on any atom is -0.303 e. The molecule has 1 aliphatic heterocycles. The van der Waals surface area contributed by atoms with Gasteiger partial charge in [-0.2, -0.15) is 0 Å². The number of hydrogen-bond donors (Lipinski definition) is 1. The highest BCUT2D eigenvalue weighted by Gasteiger charge is 2.24. The predicted octanol–water partition coefficient (Wildman–Crippen LogP) is 2.27. The highest BCUT2D eigenvalue weighted by Crippen LogP contribution is 2.23. The minimum absolute atomic E-state index is 0.147. The number of hydrogen-bond acceptors (Lipinski definition) is 5. The van der Waals surface area contributed by atoms with Crippen LogP contribution in [0.15, 0.2) is 53.7 Å². The fourth-order valence-corrected chi connectivity index (χ4v) is 5.24. The quantitative estimate of drug-likeness (QED) is 0.762. The van der Waals surface area contributed by atoms with E-state index in [1.165, 1.54) is 5.56 Å². The number of pyridine rings is 1. The van der Waals surface area contributed by atoms with E-state index in [4.69, 9.17) is 0 Å². The fraction of sp³-hybridized carbons (Fsp3) is 0.421. The van der Waals surface area contributed by atoms with E-state index in [9.17, 15) is 12.6 Å². The van der Waals surface area contributed by atoms with E-state index in [1.54, 1.807) is 30.5 Å². The van der Waals surface area contributed by atoms with E-state index >= 15 is 0 Å². The molecule has 1 saturated heterocycles. The Labute approximate surface area is 163 Å². The molecule has 2 aromatic rings. The van der Waals surface area contributed by atoms with Crippen LogP contribution in [-0.4, -0.2) is 53.7 Å². The second-order valence-electron chi connectivity index (χ2n) is 6.85. The van der Waals surface area contributed by atoms with Crippen LogP contribution in [-0.2, 0) is 27.2 Å². The Hall–Kier alpha value is -1.77.